The minimum absolute atomic E-state index is 0.0581. The van der Waals surface area contributed by atoms with Gasteiger partial charge in [-0.3, -0.25) is 14.8 Å². The Bertz CT molecular complexity index is 924. The number of H-pyrrole nitrogens is 1. The lowest BCUT2D eigenvalue weighted by Gasteiger charge is -2.26. The van der Waals surface area contributed by atoms with Crippen molar-refractivity contribution >= 4 is 11.6 Å². The molecule has 1 N–H and O–H groups in total. The summed E-state index contributed by atoms with van der Waals surface area (Å²) in [6.45, 7) is 5.06. The number of pyridine rings is 1. The van der Waals surface area contributed by atoms with E-state index in [4.69, 9.17) is 4.98 Å². The number of aromatic nitrogens is 4. The molecule has 1 aliphatic rings. The number of hydrogen-bond acceptors (Lipinski definition) is 4. The fourth-order valence-electron chi connectivity index (χ4n) is 3.80. The zero-order valence-electron chi connectivity index (χ0n) is 16.0. The van der Waals surface area contributed by atoms with Crippen LogP contribution in [-0.2, 0) is 13.1 Å². The number of aryl methyl sites for hydroxylation is 1. The Kier molecular flexibility index (Phi) is 4.94. The van der Waals surface area contributed by atoms with Crippen molar-refractivity contribution in [1.29, 1.82) is 0 Å². The first-order valence-electron chi connectivity index (χ1n) is 9.56. The lowest BCUT2D eigenvalue weighted by Crippen LogP contribution is -2.36. The van der Waals surface area contributed by atoms with E-state index in [1.807, 2.05) is 43.3 Å². The largest absolute Gasteiger partial charge is 0.337 e. The van der Waals surface area contributed by atoms with Gasteiger partial charge in [-0.1, -0.05) is 6.07 Å². The topological polar surface area (TPSA) is 69.5 Å². The van der Waals surface area contributed by atoms with Crippen LogP contribution in [0.4, 0.5) is 0 Å². The van der Waals surface area contributed by atoms with Gasteiger partial charge in [0.25, 0.3) is 5.91 Å². The fourth-order valence-corrected chi connectivity index (χ4v) is 3.80. The maximum absolute atomic E-state index is 13.2. The summed E-state index contributed by atoms with van der Waals surface area (Å²) in [5.41, 5.74) is 4.52. The zero-order valence-corrected chi connectivity index (χ0v) is 16.0. The molecule has 1 amide bonds. The van der Waals surface area contributed by atoms with Crippen LogP contribution in [0.25, 0.3) is 5.65 Å². The Hall–Kier alpha value is -2.67. The summed E-state index contributed by atoms with van der Waals surface area (Å²) >= 11 is 0. The summed E-state index contributed by atoms with van der Waals surface area (Å²) in [6.07, 6.45) is 7.11. The predicted molar refractivity (Wildman–Crippen MR) is 103 cm³/mol. The highest BCUT2D eigenvalue weighted by Crippen LogP contribution is 2.21. The first-order chi connectivity index (χ1) is 13.1. The number of carbonyl (C=O) groups excluding carboxylic acids is 1. The van der Waals surface area contributed by atoms with Crippen LogP contribution in [0.5, 0.6) is 0 Å². The number of nitrogens with zero attached hydrogens (tertiary/aromatic N) is 5. The van der Waals surface area contributed by atoms with Crippen LogP contribution in [0.3, 0.4) is 0 Å². The molecule has 0 aliphatic carbocycles. The van der Waals surface area contributed by atoms with E-state index in [0.717, 1.165) is 55.1 Å². The molecule has 0 aromatic carbocycles. The zero-order chi connectivity index (χ0) is 18.8. The van der Waals surface area contributed by atoms with Gasteiger partial charge in [-0.25, -0.2) is 4.98 Å². The van der Waals surface area contributed by atoms with E-state index < -0.39 is 0 Å². The van der Waals surface area contributed by atoms with Gasteiger partial charge in [0.1, 0.15) is 5.65 Å². The summed E-state index contributed by atoms with van der Waals surface area (Å²) in [5.74, 6) is 0.0581. The van der Waals surface area contributed by atoms with Crippen LogP contribution in [0.1, 0.15) is 46.7 Å². The van der Waals surface area contributed by atoms with Gasteiger partial charge < -0.3 is 9.30 Å². The third-order valence-electron chi connectivity index (χ3n) is 5.21. The Morgan fingerprint density at radius 1 is 1.22 bits per heavy atom. The molecule has 3 aromatic rings. The van der Waals surface area contributed by atoms with Crippen LogP contribution in [0.15, 0.2) is 30.6 Å². The third kappa shape index (κ3) is 3.60. The van der Waals surface area contributed by atoms with Crippen molar-refractivity contribution in [3.8, 4) is 0 Å². The number of nitrogens with one attached hydrogen (secondary N) is 1. The first-order valence-corrected chi connectivity index (χ1v) is 9.56. The molecule has 0 radical (unpaired) electrons. The molecule has 3 aromatic heterocycles. The Labute approximate surface area is 159 Å². The molecule has 7 heteroatoms. The Balaban J connectivity index is 1.68. The van der Waals surface area contributed by atoms with Crippen LogP contribution >= 0.6 is 0 Å². The maximum Gasteiger partial charge on any atom is 0.274 e. The van der Waals surface area contributed by atoms with E-state index in [2.05, 4.69) is 19.5 Å². The number of fused-ring (bicyclic) bond motifs is 1. The Morgan fingerprint density at radius 2 is 2.04 bits per heavy atom. The van der Waals surface area contributed by atoms with Crippen molar-refractivity contribution in [3.63, 3.8) is 0 Å². The summed E-state index contributed by atoms with van der Waals surface area (Å²) < 4.78 is 2.07. The van der Waals surface area contributed by atoms with Crippen molar-refractivity contribution in [3.05, 3.63) is 53.2 Å². The third-order valence-corrected chi connectivity index (χ3v) is 5.21. The SMILES string of the molecule is Cc1cccn2c(CN(C)Cc3ccn[nH]3)c(C(=O)N3CCCCC3)nc12. The molecular weight excluding hydrogens is 340 g/mol. The van der Waals surface area contributed by atoms with E-state index in [-0.39, 0.29) is 5.91 Å². The van der Waals surface area contributed by atoms with Crippen molar-refractivity contribution in [2.45, 2.75) is 39.3 Å². The Morgan fingerprint density at radius 3 is 2.78 bits per heavy atom. The van der Waals surface area contributed by atoms with Crippen LogP contribution in [0.2, 0.25) is 0 Å². The van der Waals surface area contributed by atoms with Gasteiger partial charge in [0, 0.05) is 44.3 Å². The predicted octanol–water partition coefficient (Wildman–Crippen LogP) is 2.62. The molecule has 27 heavy (non-hydrogen) atoms. The van der Waals surface area contributed by atoms with Crippen LogP contribution in [0, 0.1) is 6.92 Å². The average molecular weight is 366 g/mol. The number of carbonyl (C=O) groups is 1. The van der Waals surface area contributed by atoms with Gasteiger partial charge in [0.2, 0.25) is 0 Å². The highest BCUT2D eigenvalue weighted by atomic mass is 16.2. The van der Waals surface area contributed by atoms with E-state index in [1.54, 1.807) is 6.20 Å². The van der Waals surface area contributed by atoms with Crippen molar-refractivity contribution < 1.29 is 4.79 Å². The molecule has 4 rings (SSSR count). The van der Waals surface area contributed by atoms with E-state index >= 15 is 0 Å². The number of piperidine rings is 1. The van der Waals surface area contributed by atoms with Gasteiger partial charge in [-0.05, 0) is 50.9 Å². The minimum atomic E-state index is 0.0581. The smallest absolute Gasteiger partial charge is 0.274 e. The van der Waals surface area contributed by atoms with Crippen molar-refractivity contribution in [1.82, 2.24) is 29.4 Å². The first kappa shape index (κ1) is 17.7. The summed E-state index contributed by atoms with van der Waals surface area (Å²) in [4.78, 5) is 22.1. The monoisotopic (exact) mass is 366 g/mol. The number of aromatic amines is 1. The van der Waals surface area contributed by atoms with Crippen LogP contribution < -0.4 is 0 Å². The lowest BCUT2D eigenvalue weighted by atomic mass is 10.1. The van der Waals surface area contributed by atoms with Gasteiger partial charge in [0.05, 0.1) is 5.69 Å². The van der Waals surface area contributed by atoms with Crippen molar-refractivity contribution in [2.75, 3.05) is 20.1 Å². The number of amides is 1. The second-order valence-electron chi connectivity index (χ2n) is 7.40. The van der Waals surface area contributed by atoms with Crippen molar-refractivity contribution in [2.24, 2.45) is 0 Å². The molecular formula is C20H26N6O. The summed E-state index contributed by atoms with van der Waals surface area (Å²) in [7, 11) is 2.05. The summed E-state index contributed by atoms with van der Waals surface area (Å²) in [5, 5.41) is 7.00. The standard InChI is InChI=1S/C20H26N6O/c1-15-7-6-12-26-17(14-24(2)13-16-8-9-21-23-16)18(22-19(15)26)20(27)25-10-4-3-5-11-25/h6-9,12H,3-5,10-11,13-14H2,1-2H3,(H,21,23). The molecule has 0 spiro atoms. The van der Waals surface area contributed by atoms with Crippen LogP contribution in [-0.4, -0.2) is 55.4 Å². The van der Waals surface area contributed by atoms with Gasteiger partial charge in [0.15, 0.2) is 5.69 Å². The van der Waals surface area contributed by atoms with Gasteiger partial charge in [-0.15, -0.1) is 0 Å². The summed E-state index contributed by atoms with van der Waals surface area (Å²) in [6, 6.07) is 6.02. The quantitative estimate of drug-likeness (QED) is 0.754. The molecule has 0 unspecified atom stereocenters. The van der Waals surface area contributed by atoms with E-state index in [0.29, 0.717) is 12.2 Å². The number of imidazole rings is 1. The highest BCUT2D eigenvalue weighted by molar-refractivity contribution is 5.94. The second kappa shape index (κ2) is 7.52. The highest BCUT2D eigenvalue weighted by Gasteiger charge is 2.26. The molecule has 0 atom stereocenters. The number of likely N-dealkylation sites (tertiary alicyclic amines) is 1. The van der Waals surface area contributed by atoms with E-state index in [1.165, 1.54) is 6.42 Å². The molecule has 0 saturated carbocycles. The minimum Gasteiger partial charge on any atom is -0.337 e. The molecule has 0 bridgehead atoms. The maximum atomic E-state index is 13.2. The molecule has 1 fully saturated rings. The lowest BCUT2D eigenvalue weighted by molar-refractivity contribution is 0.0716. The molecule has 1 aliphatic heterocycles. The molecule has 7 nitrogen and oxygen atoms in total. The van der Waals surface area contributed by atoms with E-state index in [9.17, 15) is 4.79 Å². The fraction of sp³-hybridized carbons (Fsp3) is 0.450. The van der Waals surface area contributed by atoms with Gasteiger partial charge in [-0.2, -0.15) is 5.10 Å². The normalized spacial score (nSPS) is 15.0. The number of hydrogen-bond donors (Lipinski definition) is 1. The average Bonchev–Trinajstić information content (AvgIpc) is 3.31. The molecule has 1 saturated heterocycles. The number of rotatable bonds is 5. The molecule has 4 heterocycles. The second-order valence-corrected chi connectivity index (χ2v) is 7.40. The molecule has 142 valence electrons. The van der Waals surface area contributed by atoms with Gasteiger partial charge >= 0.3 is 0 Å².